The SMILES string of the molecule is O=C(N1CCC(n2ccc3ccccc32)CC1)N1CCC[C@H](NC(=O)C23CC4CC(C2)C(O)C(C4)C3)C1. The van der Waals surface area contributed by atoms with Gasteiger partial charge >= 0.3 is 6.03 Å². The van der Waals surface area contributed by atoms with Crippen LogP contribution in [0.25, 0.3) is 10.9 Å². The molecule has 2 aliphatic heterocycles. The Balaban J connectivity index is 0.954. The summed E-state index contributed by atoms with van der Waals surface area (Å²) in [5.41, 5.74) is 0.988. The number of fused-ring (bicyclic) bond motifs is 1. The zero-order valence-electron chi connectivity index (χ0n) is 21.7. The van der Waals surface area contributed by atoms with E-state index in [-0.39, 0.29) is 29.5 Å². The molecule has 3 heterocycles. The number of urea groups is 1. The summed E-state index contributed by atoms with van der Waals surface area (Å²) >= 11 is 0. The topological polar surface area (TPSA) is 77.8 Å². The fourth-order valence-corrected chi connectivity index (χ4v) is 8.84. The first-order chi connectivity index (χ1) is 18.0. The number of carbonyl (C=O) groups excluding carboxylic acids is 2. The van der Waals surface area contributed by atoms with Crippen LogP contribution in [0.3, 0.4) is 0 Å². The maximum atomic E-state index is 13.6. The number of benzene rings is 1. The van der Waals surface area contributed by atoms with E-state index in [1.165, 1.54) is 10.9 Å². The molecule has 198 valence electrons. The van der Waals surface area contributed by atoms with E-state index in [1.54, 1.807) is 0 Å². The largest absolute Gasteiger partial charge is 0.393 e. The summed E-state index contributed by atoms with van der Waals surface area (Å²) in [7, 11) is 0. The average Bonchev–Trinajstić information content (AvgIpc) is 3.35. The number of hydrogen-bond donors (Lipinski definition) is 2. The Morgan fingerprint density at radius 3 is 2.46 bits per heavy atom. The fourth-order valence-electron chi connectivity index (χ4n) is 8.84. The van der Waals surface area contributed by atoms with Crippen LogP contribution in [0.5, 0.6) is 0 Å². The minimum absolute atomic E-state index is 0.0342. The van der Waals surface area contributed by atoms with Gasteiger partial charge in [0, 0.05) is 50.0 Å². The van der Waals surface area contributed by atoms with Gasteiger partial charge in [0.2, 0.25) is 5.91 Å². The maximum Gasteiger partial charge on any atom is 0.320 e. The van der Waals surface area contributed by atoms with E-state index in [2.05, 4.69) is 46.4 Å². The molecule has 7 nitrogen and oxygen atoms in total. The third kappa shape index (κ3) is 4.05. The van der Waals surface area contributed by atoms with Crippen molar-refractivity contribution in [1.82, 2.24) is 19.7 Å². The lowest BCUT2D eigenvalue weighted by atomic mass is 9.48. The molecule has 4 saturated carbocycles. The van der Waals surface area contributed by atoms with Crippen LogP contribution < -0.4 is 5.32 Å². The highest BCUT2D eigenvalue weighted by molar-refractivity contribution is 5.84. The van der Waals surface area contributed by atoms with Gasteiger partial charge in [-0.15, -0.1) is 0 Å². The smallest absolute Gasteiger partial charge is 0.320 e. The first-order valence-electron chi connectivity index (χ1n) is 14.6. The number of rotatable bonds is 3. The fraction of sp³-hybridized carbons (Fsp3) is 0.667. The van der Waals surface area contributed by atoms with Crippen LogP contribution in [0.2, 0.25) is 0 Å². The molecule has 4 bridgehead atoms. The molecule has 1 aromatic carbocycles. The molecule has 37 heavy (non-hydrogen) atoms. The van der Waals surface area contributed by atoms with Crippen molar-refractivity contribution in [2.24, 2.45) is 23.2 Å². The summed E-state index contributed by atoms with van der Waals surface area (Å²) in [5.74, 6) is 1.39. The van der Waals surface area contributed by atoms with Gasteiger partial charge in [0.25, 0.3) is 0 Å². The van der Waals surface area contributed by atoms with Crippen molar-refractivity contribution in [1.29, 1.82) is 0 Å². The third-order valence-electron chi connectivity index (χ3n) is 10.5. The first kappa shape index (κ1) is 23.6. The maximum absolute atomic E-state index is 13.6. The van der Waals surface area contributed by atoms with E-state index in [0.717, 1.165) is 77.4 Å². The van der Waals surface area contributed by atoms with E-state index < -0.39 is 0 Å². The van der Waals surface area contributed by atoms with E-state index in [4.69, 9.17) is 0 Å². The van der Waals surface area contributed by atoms with E-state index in [9.17, 15) is 14.7 Å². The van der Waals surface area contributed by atoms with Crippen LogP contribution in [0, 0.1) is 23.2 Å². The molecule has 2 saturated heterocycles. The van der Waals surface area contributed by atoms with Gasteiger partial charge < -0.3 is 24.8 Å². The van der Waals surface area contributed by atoms with E-state index in [1.807, 2.05) is 9.80 Å². The lowest BCUT2D eigenvalue weighted by Crippen LogP contribution is -2.61. The summed E-state index contributed by atoms with van der Waals surface area (Å²) in [6.45, 7) is 2.94. The number of amides is 3. The molecule has 0 spiro atoms. The first-order valence-corrected chi connectivity index (χ1v) is 14.6. The second-order valence-electron chi connectivity index (χ2n) is 12.8. The van der Waals surface area contributed by atoms with Gasteiger partial charge in [-0.1, -0.05) is 18.2 Å². The minimum Gasteiger partial charge on any atom is -0.393 e. The standard InChI is InChI=1S/C30H40N4O3/c35-27-22-14-20-15-23(27)18-30(16-20,17-22)28(36)31-24-5-3-10-33(19-24)29(37)32-11-8-25(9-12-32)34-13-7-21-4-1-2-6-26(21)34/h1-2,4,6-7,13,20,22-25,27,35H,3,5,8-12,14-19H2,(H,31,36)/t20?,22?,23?,24-,27?,30?/m0/s1. The summed E-state index contributed by atoms with van der Waals surface area (Å²) in [6, 6.07) is 11.3. The molecule has 2 N–H and O–H groups in total. The number of likely N-dealkylation sites (tertiary alicyclic amines) is 2. The highest BCUT2D eigenvalue weighted by atomic mass is 16.3. The molecular formula is C30H40N4O3. The molecule has 0 radical (unpaired) electrons. The van der Waals surface area contributed by atoms with Crippen LogP contribution in [-0.4, -0.2) is 69.7 Å². The summed E-state index contributed by atoms with van der Waals surface area (Å²) in [4.78, 5) is 31.0. The molecule has 1 aromatic heterocycles. The Morgan fingerprint density at radius 1 is 0.919 bits per heavy atom. The number of aliphatic hydroxyl groups is 1. The number of hydrogen-bond acceptors (Lipinski definition) is 3. The molecule has 4 aliphatic carbocycles. The number of aliphatic hydroxyl groups excluding tert-OH is 1. The number of nitrogens with one attached hydrogen (secondary N) is 1. The van der Waals surface area contributed by atoms with Gasteiger partial charge in [-0.25, -0.2) is 4.79 Å². The summed E-state index contributed by atoms with van der Waals surface area (Å²) in [6.07, 6.45) is 10.6. The second-order valence-corrected chi connectivity index (χ2v) is 12.8. The number of piperidine rings is 2. The Hall–Kier alpha value is -2.54. The normalized spacial score (nSPS) is 35.8. The quantitative estimate of drug-likeness (QED) is 0.659. The lowest BCUT2D eigenvalue weighted by molar-refractivity contribution is -0.163. The van der Waals surface area contributed by atoms with Gasteiger partial charge in [0.1, 0.15) is 0 Å². The van der Waals surface area contributed by atoms with E-state index in [0.29, 0.717) is 30.3 Å². The predicted octanol–water partition coefficient (Wildman–Crippen LogP) is 4.17. The van der Waals surface area contributed by atoms with Gasteiger partial charge in [-0.3, -0.25) is 4.79 Å². The number of nitrogens with zero attached hydrogens (tertiary/aromatic N) is 3. The van der Waals surface area contributed by atoms with Gasteiger partial charge in [0.15, 0.2) is 0 Å². The highest BCUT2D eigenvalue weighted by Crippen LogP contribution is 2.60. The molecule has 7 heteroatoms. The molecule has 3 atom stereocenters. The van der Waals surface area contributed by atoms with Crippen molar-refractivity contribution in [2.75, 3.05) is 26.2 Å². The van der Waals surface area contributed by atoms with Crippen molar-refractivity contribution < 1.29 is 14.7 Å². The van der Waals surface area contributed by atoms with Crippen molar-refractivity contribution in [3.05, 3.63) is 36.5 Å². The minimum atomic E-state index is -0.285. The molecule has 6 aliphatic rings. The van der Waals surface area contributed by atoms with Crippen molar-refractivity contribution in [3.8, 4) is 0 Å². The summed E-state index contributed by atoms with van der Waals surface area (Å²) in [5, 5.41) is 15.3. The van der Waals surface area contributed by atoms with Crippen LogP contribution in [-0.2, 0) is 4.79 Å². The molecule has 8 rings (SSSR count). The molecular weight excluding hydrogens is 464 g/mol. The number of aromatic nitrogens is 1. The van der Waals surface area contributed by atoms with Crippen LogP contribution in [0.1, 0.15) is 63.8 Å². The van der Waals surface area contributed by atoms with Crippen LogP contribution in [0.4, 0.5) is 4.79 Å². The predicted molar refractivity (Wildman–Crippen MR) is 142 cm³/mol. The molecule has 6 fully saturated rings. The highest BCUT2D eigenvalue weighted by Gasteiger charge is 2.58. The average molecular weight is 505 g/mol. The number of para-hydroxylation sites is 1. The molecule has 3 amide bonds. The number of carbonyl (C=O) groups is 2. The third-order valence-corrected chi connectivity index (χ3v) is 10.5. The van der Waals surface area contributed by atoms with Crippen LogP contribution in [0.15, 0.2) is 36.5 Å². The lowest BCUT2D eigenvalue weighted by Gasteiger charge is -2.58. The Kier molecular flexibility index (Phi) is 5.76. The Bertz CT molecular complexity index is 1170. The van der Waals surface area contributed by atoms with E-state index >= 15 is 0 Å². The molecule has 2 unspecified atom stereocenters. The summed E-state index contributed by atoms with van der Waals surface area (Å²) < 4.78 is 2.38. The second kappa shape index (κ2) is 9.04. The Morgan fingerprint density at radius 2 is 1.68 bits per heavy atom. The molecule has 2 aromatic rings. The van der Waals surface area contributed by atoms with Gasteiger partial charge in [-0.05, 0) is 93.1 Å². The van der Waals surface area contributed by atoms with Gasteiger partial charge in [0.05, 0.1) is 11.5 Å². The zero-order valence-corrected chi connectivity index (χ0v) is 21.7. The zero-order chi connectivity index (χ0) is 25.1. The Labute approximate surface area is 219 Å². The van der Waals surface area contributed by atoms with Crippen molar-refractivity contribution in [2.45, 2.75) is 76.0 Å². The van der Waals surface area contributed by atoms with Crippen LogP contribution >= 0.6 is 0 Å². The van der Waals surface area contributed by atoms with Crippen molar-refractivity contribution >= 4 is 22.8 Å². The van der Waals surface area contributed by atoms with Gasteiger partial charge in [-0.2, -0.15) is 0 Å². The monoisotopic (exact) mass is 504 g/mol. The van der Waals surface area contributed by atoms with Crippen molar-refractivity contribution in [3.63, 3.8) is 0 Å².